The van der Waals surface area contributed by atoms with Crippen LogP contribution in [0.4, 0.5) is 5.69 Å². The first-order valence-electron chi connectivity index (χ1n) is 8.90. The van der Waals surface area contributed by atoms with Crippen LogP contribution in [-0.4, -0.2) is 38.1 Å². The van der Waals surface area contributed by atoms with Crippen LogP contribution in [0.2, 0.25) is 0 Å². The van der Waals surface area contributed by atoms with Gasteiger partial charge in [0.05, 0.1) is 25.9 Å². The minimum absolute atomic E-state index is 0.111. The van der Waals surface area contributed by atoms with E-state index in [1.165, 1.54) is 5.56 Å². The van der Waals surface area contributed by atoms with Crippen LogP contribution in [0.5, 0.6) is 11.5 Å². The lowest BCUT2D eigenvalue weighted by molar-refractivity contribution is -0.131. The number of nitrogens with one attached hydrogen (secondary N) is 1. The van der Waals surface area contributed by atoms with E-state index in [2.05, 4.69) is 11.4 Å². The fourth-order valence-electron chi connectivity index (χ4n) is 3.27. The summed E-state index contributed by atoms with van der Waals surface area (Å²) in [7, 11) is 3.24. The first kappa shape index (κ1) is 18.6. The number of carbonyl (C=O) groups excluding carboxylic acids is 1. The second kappa shape index (κ2) is 8.45. The normalized spacial score (nSPS) is 12.7. The first-order chi connectivity index (χ1) is 13.1. The lowest BCUT2D eigenvalue weighted by atomic mass is 9.98. The molecule has 27 heavy (non-hydrogen) atoms. The van der Waals surface area contributed by atoms with Crippen LogP contribution >= 0.6 is 0 Å². The zero-order valence-electron chi connectivity index (χ0n) is 15.6. The standard InChI is InChI=1S/C21H23N3O3/c1-26-19-11-16-7-9-24(14-17(16)12-20(19)27-2)21(25)6-8-23-18-5-3-4-15(10-18)13-22/h3-5,10-12,23H,6-9,14H2,1-2H3. The van der Waals surface area contributed by atoms with Crippen molar-refractivity contribution in [3.8, 4) is 17.6 Å². The molecule has 0 fully saturated rings. The number of hydrogen-bond donors (Lipinski definition) is 1. The molecule has 6 heteroatoms. The molecule has 0 aliphatic carbocycles. The summed E-state index contributed by atoms with van der Waals surface area (Å²) in [6, 6.07) is 13.3. The summed E-state index contributed by atoms with van der Waals surface area (Å²) in [5.74, 6) is 1.52. The second-order valence-corrected chi connectivity index (χ2v) is 6.41. The minimum atomic E-state index is 0.111. The van der Waals surface area contributed by atoms with E-state index in [0.29, 0.717) is 37.4 Å². The molecule has 1 amide bonds. The third-order valence-electron chi connectivity index (χ3n) is 4.73. The lowest BCUT2D eigenvalue weighted by Gasteiger charge is -2.29. The molecule has 0 aromatic heterocycles. The average molecular weight is 365 g/mol. The Morgan fingerprint density at radius 2 is 1.93 bits per heavy atom. The van der Waals surface area contributed by atoms with Gasteiger partial charge in [-0.05, 0) is 47.9 Å². The van der Waals surface area contributed by atoms with E-state index in [4.69, 9.17) is 14.7 Å². The summed E-state index contributed by atoms with van der Waals surface area (Å²) < 4.78 is 10.7. The van der Waals surface area contributed by atoms with Crippen LogP contribution in [0.1, 0.15) is 23.1 Å². The van der Waals surface area contributed by atoms with E-state index in [0.717, 1.165) is 23.4 Å². The van der Waals surface area contributed by atoms with Crippen molar-refractivity contribution >= 4 is 11.6 Å². The van der Waals surface area contributed by atoms with Gasteiger partial charge in [-0.1, -0.05) is 6.07 Å². The van der Waals surface area contributed by atoms with Gasteiger partial charge < -0.3 is 19.7 Å². The number of anilines is 1. The Labute approximate surface area is 159 Å². The SMILES string of the molecule is COc1cc2c(cc1OC)CN(C(=O)CCNc1cccc(C#N)c1)CC2. The molecule has 3 rings (SSSR count). The number of methoxy groups -OCH3 is 2. The Kier molecular flexibility index (Phi) is 5.82. The smallest absolute Gasteiger partial charge is 0.224 e. The third-order valence-corrected chi connectivity index (χ3v) is 4.73. The maximum Gasteiger partial charge on any atom is 0.224 e. The van der Waals surface area contributed by atoms with Crippen molar-refractivity contribution in [1.29, 1.82) is 5.26 Å². The van der Waals surface area contributed by atoms with Crippen LogP contribution in [0.15, 0.2) is 36.4 Å². The average Bonchev–Trinajstić information content (AvgIpc) is 2.72. The highest BCUT2D eigenvalue weighted by Crippen LogP contribution is 2.33. The minimum Gasteiger partial charge on any atom is -0.493 e. The second-order valence-electron chi connectivity index (χ2n) is 6.41. The van der Waals surface area contributed by atoms with Gasteiger partial charge in [0.15, 0.2) is 11.5 Å². The van der Waals surface area contributed by atoms with Gasteiger partial charge in [0.25, 0.3) is 0 Å². The predicted molar refractivity (Wildman–Crippen MR) is 103 cm³/mol. The monoisotopic (exact) mass is 365 g/mol. The van der Waals surface area contributed by atoms with Gasteiger partial charge in [0, 0.05) is 31.7 Å². The summed E-state index contributed by atoms with van der Waals surface area (Å²) in [5, 5.41) is 12.1. The van der Waals surface area contributed by atoms with Gasteiger partial charge in [-0.3, -0.25) is 4.79 Å². The van der Waals surface area contributed by atoms with Crippen LogP contribution in [0.25, 0.3) is 0 Å². The molecule has 1 aliphatic rings. The fraction of sp³-hybridized carbons (Fsp3) is 0.333. The van der Waals surface area contributed by atoms with Crippen molar-refractivity contribution in [3.05, 3.63) is 53.1 Å². The maximum absolute atomic E-state index is 12.6. The number of amides is 1. The molecule has 0 bridgehead atoms. The molecule has 1 heterocycles. The number of nitriles is 1. The van der Waals surface area contributed by atoms with E-state index >= 15 is 0 Å². The maximum atomic E-state index is 12.6. The molecule has 2 aromatic rings. The number of nitrogens with zero attached hydrogens (tertiary/aromatic N) is 2. The Hall–Kier alpha value is -3.20. The summed E-state index contributed by atoms with van der Waals surface area (Å²) in [4.78, 5) is 14.5. The number of ether oxygens (including phenoxy) is 2. The molecule has 0 atom stereocenters. The van der Waals surface area contributed by atoms with Crippen LogP contribution in [0, 0.1) is 11.3 Å². The van der Waals surface area contributed by atoms with E-state index in [1.54, 1.807) is 26.4 Å². The van der Waals surface area contributed by atoms with Crippen molar-refractivity contribution in [2.24, 2.45) is 0 Å². The number of carbonyl (C=O) groups is 1. The van der Waals surface area contributed by atoms with Crippen LogP contribution in [0.3, 0.4) is 0 Å². The topological polar surface area (TPSA) is 74.6 Å². The van der Waals surface area contributed by atoms with Crippen LogP contribution in [-0.2, 0) is 17.8 Å². The summed E-state index contributed by atoms with van der Waals surface area (Å²) >= 11 is 0. The number of rotatable bonds is 6. The molecule has 0 saturated heterocycles. The summed E-state index contributed by atoms with van der Waals surface area (Å²) in [6.07, 6.45) is 1.21. The number of benzene rings is 2. The van der Waals surface area contributed by atoms with Crippen molar-refractivity contribution in [1.82, 2.24) is 4.90 Å². The molecule has 0 radical (unpaired) electrons. The Morgan fingerprint density at radius 3 is 2.63 bits per heavy atom. The Bertz CT molecular complexity index is 873. The van der Waals surface area contributed by atoms with E-state index in [1.807, 2.05) is 29.2 Å². The third kappa shape index (κ3) is 4.32. The van der Waals surface area contributed by atoms with Gasteiger partial charge in [-0.15, -0.1) is 0 Å². The van der Waals surface area contributed by atoms with Gasteiger partial charge in [0.2, 0.25) is 5.91 Å². The van der Waals surface area contributed by atoms with Crippen molar-refractivity contribution in [2.75, 3.05) is 32.6 Å². The van der Waals surface area contributed by atoms with E-state index in [-0.39, 0.29) is 5.91 Å². The molecule has 2 aromatic carbocycles. The summed E-state index contributed by atoms with van der Waals surface area (Å²) in [5.41, 5.74) is 3.75. The van der Waals surface area contributed by atoms with Crippen LogP contribution < -0.4 is 14.8 Å². The fourth-order valence-corrected chi connectivity index (χ4v) is 3.27. The molecular weight excluding hydrogens is 342 g/mol. The van der Waals surface area contributed by atoms with Crippen molar-refractivity contribution in [3.63, 3.8) is 0 Å². The van der Waals surface area contributed by atoms with E-state index in [9.17, 15) is 4.79 Å². The van der Waals surface area contributed by atoms with Gasteiger partial charge in [-0.2, -0.15) is 5.26 Å². The zero-order valence-corrected chi connectivity index (χ0v) is 15.6. The predicted octanol–water partition coefficient (Wildman–Crippen LogP) is 2.96. The van der Waals surface area contributed by atoms with Gasteiger partial charge >= 0.3 is 0 Å². The highest BCUT2D eigenvalue weighted by atomic mass is 16.5. The molecular formula is C21H23N3O3. The highest BCUT2D eigenvalue weighted by molar-refractivity contribution is 5.77. The number of fused-ring (bicyclic) bond motifs is 1. The van der Waals surface area contributed by atoms with E-state index < -0.39 is 0 Å². The molecule has 6 nitrogen and oxygen atoms in total. The van der Waals surface area contributed by atoms with Crippen molar-refractivity contribution < 1.29 is 14.3 Å². The Morgan fingerprint density at radius 1 is 1.19 bits per heavy atom. The Balaban J connectivity index is 1.58. The molecule has 0 unspecified atom stereocenters. The molecule has 140 valence electrons. The molecule has 0 spiro atoms. The highest BCUT2D eigenvalue weighted by Gasteiger charge is 2.22. The summed E-state index contributed by atoms with van der Waals surface area (Å²) in [6.45, 7) is 1.81. The van der Waals surface area contributed by atoms with Crippen molar-refractivity contribution in [2.45, 2.75) is 19.4 Å². The van der Waals surface area contributed by atoms with Gasteiger partial charge in [0.1, 0.15) is 0 Å². The quantitative estimate of drug-likeness (QED) is 0.852. The lowest BCUT2D eigenvalue weighted by Crippen LogP contribution is -2.36. The van der Waals surface area contributed by atoms with Gasteiger partial charge in [-0.25, -0.2) is 0 Å². The molecule has 1 aliphatic heterocycles. The zero-order chi connectivity index (χ0) is 19.2. The number of hydrogen-bond acceptors (Lipinski definition) is 5. The largest absolute Gasteiger partial charge is 0.493 e. The molecule has 1 N–H and O–H groups in total. The molecule has 0 saturated carbocycles. The first-order valence-corrected chi connectivity index (χ1v) is 8.90.